The van der Waals surface area contributed by atoms with E-state index in [0.717, 1.165) is 31.7 Å². The number of hydrogen-bond donors (Lipinski definition) is 2. The van der Waals surface area contributed by atoms with Crippen molar-refractivity contribution in [3.8, 4) is 0 Å². The van der Waals surface area contributed by atoms with E-state index in [1.807, 2.05) is 12.1 Å². The number of nitrogen functional groups attached to an aromatic ring is 1. The van der Waals surface area contributed by atoms with Crippen molar-refractivity contribution in [2.24, 2.45) is 0 Å². The van der Waals surface area contributed by atoms with Crippen molar-refractivity contribution < 1.29 is 4.74 Å². The van der Waals surface area contributed by atoms with E-state index in [1.165, 1.54) is 0 Å². The minimum Gasteiger partial charge on any atom is -0.384 e. The molecule has 2 rings (SSSR count). The molecule has 0 bridgehead atoms. The van der Waals surface area contributed by atoms with Gasteiger partial charge in [0.05, 0.1) is 5.60 Å². The van der Waals surface area contributed by atoms with Crippen LogP contribution in [0.3, 0.4) is 0 Å². The predicted octanol–water partition coefficient (Wildman–Crippen LogP) is 1.64. The average molecular weight is 207 g/mol. The van der Waals surface area contributed by atoms with Crippen LogP contribution in [0.5, 0.6) is 0 Å². The number of nitrogens with one attached hydrogen (secondary N) is 1. The quantitative estimate of drug-likeness (QED) is 0.791. The summed E-state index contributed by atoms with van der Waals surface area (Å²) in [6, 6.07) is 3.74. The zero-order valence-corrected chi connectivity index (χ0v) is 8.99. The molecular formula is C11H17N3O. The van der Waals surface area contributed by atoms with E-state index >= 15 is 0 Å². The Morgan fingerprint density at radius 1 is 1.67 bits per heavy atom. The molecular weight excluding hydrogens is 190 g/mol. The van der Waals surface area contributed by atoms with Gasteiger partial charge in [-0.1, -0.05) is 0 Å². The first-order valence-corrected chi connectivity index (χ1v) is 5.27. The van der Waals surface area contributed by atoms with Gasteiger partial charge in [-0.2, -0.15) is 0 Å². The van der Waals surface area contributed by atoms with E-state index in [0.29, 0.717) is 5.82 Å². The zero-order valence-electron chi connectivity index (χ0n) is 8.99. The number of ether oxygens (including phenoxy) is 1. The van der Waals surface area contributed by atoms with Crippen molar-refractivity contribution in [1.82, 2.24) is 4.98 Å². The second-order valence-corrected chi connectivity index (χ2v) is 4.22. The highest BCUT2D eigenvalue weighted by atomic mass is 16.5. The van der Waals surface area contributed by atoms with Gasteiger partial charge in [0.2, 0.25) is 0 Å². The second kappa shape index (κ2) is 4.06. The molecule has 0 saturated carbocycles. The molecule has 0 spiro atoms. The van der Waals surface area contributed by atoms with Crippen LogP contribution in [-0.2, 0) is 4.74 Å². The summed E-state index contributed by atoms with van der Waals surface area (Å²) in [6.45, 7) is 3.82. The van der Waals surface area contributed by atoms with Crippen LogP contribution in [-0.4, -0.2) is 23.7 Å². The molecule has 1 fully saturated rings. The number of pyridine rings is 1. The van der Waals surface area contributed by atoms with Gasteiger partial charge in [-0.15, -0.1) is 0 Å². The lowest BCUT2D eigenvalue weighted by Gasteiger charge is -2.24. The number of nitrogens with two attached hydrogens (primary N) is 1. The Kier molecular flexibility index (Phi) is 2.77. The first-order valence-electron chi connectivity index (χ1n) is 5.27. The molecule has 1 aromatic heterocycles. The van der Waals surface area contributed by atoms with Crippen LogP contribution in [0.15, 0.2) is 18.3 Å². The van der Waals surface area contributed by atoms with Crippen molar-refractivity contribution in [2.45, 2.75) is 25.4 Å². The summed E-state index contributed by atoms with van der Waals surface area (Å²) in [5.74, 6) is 0.539. The molecule has 0 aromatic carbocycles. The van der Waals surface area contributed by atoms with E-state index < -0.39 is 0 Å². The molecule has 3 N–H and O–H groups in total. The predicted molar refractivity (Wildman–Crippen MR) is 60.7 cm³/mol. The summed E-state index contributed by atoms with van der Waals surface area (Å²) >= 11 is 0. The van der Waals surface area contributed by atoms with Gasteiger partial charge in [0.15, 0.2) is 0 Å². The van der Waals surface area contributed by atoms with E-state index in [2.05, 4.69) is 17.2 Å². The molecule has 1 saturated heterocycles. The average Bonchev–Trinajstić information content (AvgIpc) is 2.63. The Morgan fingerprint density at radius 3 is 3.20 bits per heavy atom. The third-order valence-corrected chi connectivity index (χ3v) is 2.75. The molecule has 0 amide bonds. The minimum absolute atomic E-state index is 0.0297. The Bertz CT molecular complexity index is 334. The third-order valence-electron chi connectivity index (χ3n) is 2.75. The number of rotatable bonds is 3. The maximum Gasteiger partial charge on any atom is 0.125 e. The second-order valence-electron chi connectivity index (χ2n) is 4.22. The molecule has 15 heavy (non-hydrogen) atoms. The lowest BCUT2D eigenvalue weighted by atomic mass is 10.0. The third kappa shape index (κ3) is 2.59. The van der Waals surface area contributed by atoms with Crippen LogP contribution in [0.2, 0.25) is 0 Å². The first-order chi connectivity index (χ1) is 7.18. The molecule has 0 radical (unpaired) electrons. The molecule has 82 valence electrons. The fourth-order valence-corrected chi connectivity index (χ4v) is 1.82. The molecule has 1 unspecified atom stereocenters. The van der Waals surface area contributed by atoms with Crippen LogP contribution < -0.4 is 11.1 Å². The summed E-state index contributed by atoms with van der Waals surface area (Å²) in [4.78, 5) is 3.94. The van der Waals surface area contributed by atoms with Crippen LogP contribution in [0.4, 0.5) is 11.5 Å². The van der Waals surface area contributed by atoms with Gasteiger partial charge >= 0.3 is 0 Å². The fourth-order valence-electron chi connectivity index (χ4n) is 1.82. The fraction of sp³-hybridized carbons (Fsp3) is 0.545. The minimum atomic E-state index is -0.0297. The van der Waals surface area contributed by atoms with Gasteiger partial charge < -0.3 is 15.8 Å². The molecule has 4 heteroatoms. The summed E-state index contributed by atoms with van der Waals surface area (Å²) in [7, 11) is 0. The topological polar surface area (TPSA) is 60.2 Å². The van der Waals surface area contributed by atoms with Crippen molar-refractivity contribution in [2.75, 3.05) is 24.2 Å². The summed E-state index contributed by atoms with van der Waals surface area (Å²) in [6.07, 6.45) is 3.97. The Morgan fingerprint density at radius 2 is 2.53 bits per heavy atom. The van der Waals surface area contributed by atoms with Crippen molar-refractivity contribution in [1.29, 1.82) is 0 Å². The van der Waals surface area contributed by atoms with Gasteiger partial charge in [0, 0.05) is 31.1 Å². The van der Waals surface area contributed by atoms with Gasteiger partial charge in [-0.25, -0.2) is 4.98 Å². The summed E-state index contributed by atoms with van der Waals surface area (Å²) in [5.41, 5.74) is 6.56. The molecule has 1 aliphatic rings. The highest BCUT2D eigenvalue weighted by molar-refractivity contribution is 5.49. The van der Waals surface area contributed by atoms with Crippen LogP contribution in [0.25, 0.3) is 0 Å². The number of hydrogen-bond acceptors (Lipinski definition) is 4. The van der Waals surface area contributed by atoms with Crippen molar-refractivity contribution in [3.05, 3.63) is 18.3 Å². The standard InChI is InChI=1S/C11H17N3O/c1-11(4-2-6-15-11)8-14-9-3-5-13-10(12)7-9/h3,5,7H,2,4,6,8H2,1H3,(H3,12,13,14). The Balaban J connectivity index is 1.92. The maximum atomic E-state index is 5.68. The smallest absolute Gasteiger partial charge is 0.125 e. The molecule has 0 aliphatic carbocycles. The monoisotopic (exact) mass is 207 g/mol. The van der Waals surface area contributed by atoms with E-state index in [4.69, 9.17) is 10.5 Å². The molecule has 1 aliphatic heterocycles. The van der Waals surface area contributed by atoms with Crippen LogP contribution >= 0.6 is 0 Å². The SMILES string of the molecule is CC1(CNc2ccnc(N)c2)CCCO1. The molecule has 1 aromatic rings. The molecule has 4 nitrogen and oxygen atoms in total. The van der Waals surface area contributed by atoms with Crippen molar-refractivity contribution in [3.63, 3.8) is 0 Å². The van der Waals surface area contributed by atoms with Crippen LogP contribution in [0, 0.1) is 0 Å². The summed E-state index contributed by atoms with van der Waals surface area (Å²) in [5, 5.41) is 3.32. The number of nitrogens with zero attached hydrogens (tertiary/aromatic N) is 1. The largest absolute Gasteiger partial charge is 0.384 e. The summed E-state index contributed by atoms with van der Waals surface area (Å²) < 4.78 is 5.68. The van der Waals surface area contributed by atoms with E-state index in [9.17, 15) is 0 Å². The van der Waals surface area contributed by atoms with Gasteiger partial charge in [0.25, 0.3) is 0 Å². The van der Waals surface area contributed by atoms with Crippen molar-refractivity contribution >= 4 is 11.5 Å². The number of anilines is 2. The molecule has 1 atom stereocenters. The lowest BCUT2D eigenvalue weighted by molar-refractivity contribution is 0.0315. The van der Waals surface area contributed by atoms with Gasteiger partial charge in [-0.3, -0.25) is 0 Å². The van der Waals surface area contributed by atoms with Gasteiger partial charge in [0.1, 0.15) is 5.82 Å². The highest BCUT2D eigenvalue weighted by Crippen LogP contribution is 2.25. The Labute approximate surface area is 89.8 Å². The molecule has 2 heterocycles. The normalized spacial score (nSPS) is 25.4. The lowest BCUT2D eigenvalue weighted by Crippen LogP contribution is -2.32. The zero-order chi connectivity index (χ0) is 10.7. The first kappa shape index (κ1) is 10.2. The maximum absolute atomic E-state index is 5.68. The van der Waals surface area contributed by atoms with E-state index in [-0.39, 0.29) is 5.60 Å². The Hall–Kier alpha value is -1.29. The number of aromatic nitrogens is 1. The van der Waals surface area contributed by atoms with E-state index in [1.54, 1.807) is 6.20 Å². The van der Waals surface area contributed by atoms with Gasteiger partial charge in [-0.05, 0) is 25.8 Å². The highest BCUT2D eigenvalue weighted by Gasteiger charge is 2.29. The van der Waals surface area contributed by atoms with Crippen LogP contribution in [0.1, 0.15) is 19.8 Å².